The quantitative estimate of drug-likeness (QED) is 0.0829. The largest absolute Gasteiger partial charge is 0.389 e. The van der Waals surface area contributed by atoms with E-state index < -0.39 is 32.3 Å². The molecule has 0 aliphatic carbocycles. The molecule has 3 aliphatic rings. The van der Waals surface area contributed by atoms with Crippen molar-refractivity contribution in [2.24, 2.45) is 0 Å². The Balaban J connectivity index is 0.000000399. The van der Waals surface area contributed by atoms with Gasteiger partial charge in [0, 0.05) is 78.2 Å². The molecule has 3 saturated heterocycles. The number of ether oxygens (including phenoxy) is 5. The molecular weight excluding hydrogens is 645 g/mol. The highest BCUT2D eigenvalue weighted by molar-refractivity contribution is 6.82. The number of hydrogen-bond donors (Lipinski definition) is 2. The zero-order valence-corrected chi connectivity index (χ0v) is 36.1. The average molecular weight is 723 g/mol. The van der Waals surface area contributed by atoms with Crippen LogP contribution in [0.25, 0.3) is 0 Å². The summed E-state index contributed by atoms with van der Waals surface area (Å²) in [5, 5.41) is 13.2. The minimum atomic E-state index is -1.06. The van der Waals surface area contributed by atoms with Crippen LogP contribution in [0.15, 0.2) is 0 Å². The first-order valence-electron chi connectivity index (χ1n) is 18.5. The number of β-amino-alcohol motifs (C(OH)–C–C–N with tert-alkyl or cyclic N) is 1. The van der Waals surface area contributed by atoms with E-state index in [4.69, 9.17) is 23.7 Å². The van der Waals surface area contributed by atoms with Gasteiger partial charge in [-0.3, -0.25) is 4.90 Å². The number of aliphatic hydroxyl groups excluding tert-OH is 1. The fourth-order valence-corrected chi connectivity index (χ4v) is 19.3. The molecule has 2 atom stereocenters. The van der Waals surface area contributed by atoms with E-state index in [1.54, 1.807) is 0 Å². The third kappa shape index (κ3) is 29.5. The van der Waals surface area contributed by atoms with E-state index in [1.807, 2.05) is 0 Å². The molecule has 8 nitrogen and oxygen atoms in total. The van der Waals surface area contributed by atoms with Crippen molar-refractivity contribution >= 4 is 32.3 Å². The van der Waals surface area contributed by atoms with E-state index in [2.05, 4.69) is 75.7 Å². The Hall–Kier alpha value is 0.548. The molecular formula is C34H78N2O6Si4. The van der Waals surface area contributed by atoms with Crippen LogP contribution >= 0.6 is 0 Å². The summed E-state index contributed by atoms with van der Waals surface area (Å²) in [5.41, 5.74) is 0. The maximum absolute atomic E-state index is 10.0. The molecule has 0 bridgehead atoms. The van der Waals surface area contributed by atoms with Gasteiger partial charge < -0.3 is 34.1 Å². The second kappa shape index (κ2) is 23.9. The summed E-state index contributed by atoms with van der Waals surface area (Å²) in [6, 6.07) is 8.70. The Labute approximate surface area is 289 Å². The molecule has 2 unspecified atom stereocenters. The molecule has 3 rings (SSSR count). The lowest BCUT2D eigenvalue weighted by Gasteiger charge is -2.28. The first-order chi connectivity index (χ1) is 21.5. The Kier molecular flexibility index (Phi) is 23.1. The molecule has 3 heterocycles. The molecule has 0 saturated carbocycles. The molecule has 0 aromatic heterocycles. The summed E-state index contributed by atoms with van der Waals surface area (Å²) in [5.74, 6) is 0. The Morgan fingerprint density at radius 3 is 1.59 bits per heavy atom. The van der Waals surface area contributed by atoms with Crippen LogP contribution in [-0.4, -0.2) is 147 Å². The number of nitrogens with zero attached hydrogens (tertiary/aromatic N) is 1. The maximum Gasteiger partial charge on any atom is 0.104 e. The van der Waals surface area contributed by atoms with E-state index in [0.717, 1.165) is 85.5 Å². The first-order valence-corrected chi connectivity index (χ1v) is 32.7. The van der Waals surface area contributed by atoms with E-state index in [0.29, 0.717) is 19.3 Å². The molecule has 0 radical (unpaired) electrons. The van der Waals surface area contributed by atoms with Gasteiger partial charge in [-0.25, -0.2) is 0 Å². The van der Waals surface area contributed by atoms with Crippen molar-refractivity contribution in [3.63, 3.8) is 0 Å². The van der Waals surface area contributed by atoms with Gasteiger partial charge in [0.2, 0.25) is 0 Å². The summed E-state index contributed by atoms with van der Waals surface area (Å²) >= 11 is 0. The summed E-state index contributed by atoms with van der Waals surface area (Å²) in [6.45, 7) is 36.8. The van der Waals surface area contributed by atoms with Gasteiger partial charge in [-0.1, -0.05) is 102 Å². The summed E-state index contributed by atoms with van der Waals surface area (Å²) in [7, 11) is -3.75. The van der Waals surface area contributed by atoms with Crippen LogP contribution < -0.4 is 5.32 Å². The topological polar surface area (TPSA) is 85.0 Å². The lowest BCUT2D eigenvalue weighted by atomic mass is 10.3. The zero-order valence-electron chi connectivity index (χ0n) is 32.1. The van der Waals surface area contributed by atoms with Crippen LogP contribution in [0, 0.1) is 0 Å². The van der Waals surface area contributed by atoms with Crippen LogP contribution in [0.5, 0.6) is 0 Å². The maximum atomic E-state index is 10.0. The Morgan fingerprint density at radius 1 is 0.696 bits per heavy atom. The molecule has 0 aromatic rings. The molecule has 0 spiro atoms. The summed E-state index contributed by atoms with van der Waals surface area (Å²) in [4.78, 5) is 2.25. The number of morpholine rings is 2. The molecule has 0 amide bonds. The van der Waals surface area contributed by atoms with Crippen LogP contribution in [0.4, 0.5) is 0 Å². The Bertz CT molecular complexity index is 727. The standard InChI is InChI=1S/C17H39NO3Si2.C13H30O2Si2.C4H9NO/c1-22(2,3)13-14-23(4,5)12-6-9-21-16-17(19)15-18-7-10-20-11-8-18;1-16(2,3)9-10-17(4,5)8-6-7-14-11-13-12-15-13;1-3-6-4-2-5-1/h17,19H,6-16H2,1-5H3;13H,6-12H2,1-5H3;5H,1-4H2. The molecule has 12 heteroatoms. The van der Waals surface area contributed by atoms with Crippen molar-refractivity contribution < 1.29 is 28.8 Å². The van der Waals surface area contributed by atoms with Gasteiger partial charge in [0.05, 0.1) is 52.4 Å². The molecule has 3 aliphatic heterocycles. The number of rotatable bonds is 20. The van der Waals surface area contributed by atoms with E-state index in [9.17, 15) is 5.11 Å². The average Bonchev–Trinajstić information content (AvgIpc) is 3.81. The SMILES string of the molecule is C1COCCN1.C[Si](C)(C)CC[Si](C)(C)CCCOCC(O)CN1CCOCC1.C[Si](C)(C)CC[Si](C)(C)CCCOCC1CO1. The normalized spacial score (nSPS) is 20.3. The summed E-state index contributed by atoms with van der Waals surface area (Å²) in [6.07, 6.45) is 2.45. The van der Waals surface area contributed by atoms with Gasteiger partial charge >= 0.3 is 0 Å². The molecule has 2 N–H and O–H groups in total. The molecule has 3 fully saturated rings. The smallest absolute Gasteiger partial charge is 0.104 e. The van der Waals surface area contributed by atoms with Crippen molar-refractivity contribution in [3.05, 3.63) is 0 Å². The van der Waals surface area contributed by atoms with E-state index in [1.165, 1.54) is 42.7 Å². The second-order valence-electron chi connectivity index (χ2n) is 17.7. The van der Waals surface area contributed by atoms with E-state index >= 15 is 0 Å². The summed E-state index contributed by atoms with van der Waals surface area (Å²) < 4.78 is 26.8. The van der Waals surface area contributed by atoms with Gasteiger partial charge in [0.25, 0.3) is 0 Å². The lowest BCUT2D eigenvalue weighted by molar-refractivity contribution is -0.0139. The third-order valence-electron chi connectivity index (χ3n) is 8.82. The highest BCUT2D eigenvalue weighted by Crippen LogP contribution is 2.25. The Morgan fingerprint density at radius 2 is 1.17 bits per heavy atom. The van der Waals surface area contributed by atoms with Crippen LogP contribution in [0.1, 0.15) is 12.8 Å². The van der Waals surface area contributed by atoms with Crippen molar-refractivity contribution in [2.75, 3.05) is 92.2 Å². The predicted molar refractivity (Wildman–Crippen MR) is 208 cm³/mol. The molecule has 0 aromatic carbocycles. The fourth-order valence-electron chi connectivity index (χ4n) is 5.23. The second-order valence-corrected chi connectivity index (χ2v) is 39.6. The van der Waals surface area contributed by atoms with Crippen LogP contribution in [-0.2, 0) is 23.7 Å². The number of epoxide rings is 1. The van der Waals surface area contributed by atoms with Crippen molar-refractivity contribution in [1.29, 1.82) is 0 Å². The van der Waals surface area contributed by atoms with Crippen molar-refractivity contribution in [3.8, 4) is 0 Å². The highest BCUT2D eigenvalue weighted by Gasteiger charge is 2.26. The van der Waals surface area contributed by atoms with Crippen molar-refractivity contribution in [1.82, 2.24) is 10.2 Å². The number of nitrogens with one attached hydrogen (secondary N) is 1. The predicted octanol–water partition coefficient (Wildman–Crippen LogP) is 6.58. The highest BCUT2D eigenvalue weighted by atomic mass is 28.3. The van der Waals surface area contributed by atoms with Gasteiger partial charge in [-0.2, -0.15) is 0 Å². The molecule has 276 valence electrons. The minimum absolute atomic E-state index is 0.370. The van der Waals surface area contributed by atoms with Crippen molar-refractivity contribution in [2.45, 2.75) is 127 Å². The van der Waals surface area contributed by atoms with Gasteiger partial charge in [0.1, 0.15) is 6.10 Å². The van der Waals surface area contributed by atoms with Gasteiger partial charge in [0.15, 0.2) is 0 Å². The van der Waals surface area contributed by atoms with Gasteiger partial charge in [-0.05, 0) is 12.8 Å². The minimum Gasteiger partial charge on any atom is -0.389 e. The van der Waals surface area contributed by atoms with Crippen LogP contribution in [0.2, 0.25) is 102 Å². The monoisotopic (exact) mass is 722 g/mol. The van der Waals surface area contributed by atoms with Gasteiger partial charge in [-0.15, -0.1) is 0 Å². The molecule has 46 heavy (non-hydrogen) atoms. The number of hydrogen-bond acceptors (Lipinski definition) is 8. The van der Waals surface area contributed by atoms with E-state index in [-0.39, 0.29) is 6.10 Å². The zero-order chi connectivity index (χ0) is 34.5. The number of aliphatic hydroxyl groups is 1. The fraction of sp³-hybridized carbons (Fsp3) is 1.00. The first kappa shape index (κ1) is 44.6. The third-order valence-corrected chi connectivity index (χ3v) is 19.9. The van der Waals surface area contributed by atoms with Crippen LogP contribution in [0.3, 0.4) is 0 Å². The lowest BCUT2D eigenvalue weighted by Crippen LogP contribution is -2.42.